The van der Waals surface area contributed by atoms with Crippen LogP contribution in [0.25, 0.3) is 0 Å². The van der Waals surface area contributed by atoms with E-state index in [0.29, 0.717) is 12.1 Å². The number of carbonyl (C=O) groups excluding carboxylic acids is 1. The average Bonchev–Trinajstić information content (AvgIpc) is 3.92. The van der Waals surface area contributed by atoms with Gasteiger partial charge in [0.15, 0.2) is 12.6 Å². The largest absolute Gasteiger partial charge is 0.461 e. The van der Waals surface area contributed by atoms with Crippen molar-refractivity contribution in [2.75, 3.05) is 21.2 Å². The van der Waals surface area contributed by atoms with Gasteiger partial charge in [0, 0.05) is 43.2 Å². The molecule has 4 fully saturated rings. The Labute approximate surface area is 310 Å². The fourth-order valence-corrected chi connectivity index (χ4v) is 9.01. The minimum atomic E-state index is -1.69. The van der Waals surface area contributed by atoms with E-state index in [4.69, 9.17) is 28.4 Å². The lowest BCUT2D eigenvalue weighted by molar-refractivity contribution is -0.317. The second-order valence-corrected chi connectivity index (χ2v) is 17.2. The number of likely N-dealkylation sites (N-methyl/N-ethyl adjacent to an activating group) is 1. The molecule has 0 aromatic rings. The first kappa shape index (κ1) is 43.3. The number of hydrogen-bond donors (Lipinski definition) is 5. The zero-order valence-electron chi connectivity index (χ0n) is 33.3. The van der Waals surface area contributed by atoms with Crippen LogP contribution >= 0.6 is 0 Å². The van der Waals surface area contributed by atoms with Crippen molar-refractivity contribution >= 4 is 11.7 Å². The quantitative estimate of drug-likeness (QED) is 0.146. The zero-order chi connectivity index (χ0) is 39.0. The van der Waals surface area contributed by atoms with Gasteiger partial charge in [0.25, 0.3) is 0 Å². The van der Waals surface area contributed by atoms with Crippen LogP contribution in [0.4, 0.5) is 0 Å². The Kier molecular flexibility index (Phi) is 14.3. The molecule has 0 unspecified atom stereocenters. The van der Waals surface area contributed by atoms with E-state index in [0.717, 1.165) is 12.8 Å². The van der Waals surface area contributed by atoms with Gasteiger partial charge >= 0.3 is 5.97 Å². The monoisotopic (exact) mass is 744 g/mol. The number of methoxy groups -OCH3 is 1. The zero-order valence-corrected chi connectivity index (χ0v) is 33.3. The highest BCUT2D eigenvalue weighted by Gasteiger charge is 2.53. The van der Waals surface area contributed by atoms with Crippen molar-refractivity contribution < 1.29 is 58.8 Å². The van der Waals surface area contributed by atoms with Gasteiger partial charge in [0.1, 0.15) is 18.3 Å². The predicted octanol–water partition coefficient (Wildman–Crippen LogP) is 2.93. The SMILES string of the molecule is CO[C@]1(C)C[C@H](O[C@H]2[C@H](C)[C@@H](O[C@H]3O[C@@H](C)C[C@@H](N(C)C)[C@@H]3O)[C@](C)(O)C[C@@H](C)/C(=N/O)[C@H](C)[C@@H](O)[C@@H](C)[C@@H](C3CC3)OC(=O)[C@@H]2C)O[C@@H](C)[C@@H]1O. The molecule has 14 heteroatoms. The molecule has 3 aliphatic heterocycles. The lowest BCUT2D eigenvalue weighted by Crippen LogP contribution is -2.60. The number of nitrogens with zero attached hydrogens (tertiary/aromatic N) is 2. The Balaban J connectivity index is 1.82. The first-order chi connectivity index (χ1) is 24.2. The molecule has 0 spiro atoms. The average molecular weight is 745 g/mol. The molecule has 4 aliphatic rings. The smallest absolute Gasteiger partial charge is 0.311 e. The Morgan fingerprint density at radius 3 is 2.08 bits per heavy atom. The van der Waals surface area contributed by atoms with Crippen LogP contribution in [-0.4, -0.2) is 142 Å². The summed E-state index contributed by atoms with van der Waals surface area (Å²) in [6.45, 7) is 16.0. The van der Waals surface area contributed by atoms with Gasteiger partial charge in [0.05, 0.1) is 53.4 Å². The van der Waals surface area contributed by atoms with E-state index < -0.39 is 102 Å². The van der Waals surface area contributed by atoms with Crippen LogP contribution in [-0.2, 0) is 33.2 Å². The minimum absolute atomic E-state index is 0.0326. The van der Waals surface area contributed by atoms with E-state index >= 15 is 0 Å². The molecule has 3 heterocycles. The number of rotatable bonds is 7. The molecule has 3 saturated heterocycles. The lowest BCUT2D eigenvalue weighted by Gasteiger charge is -2.49. The van der Waals surface area contributed by atoms with Crippen LogP contribution < -0.4 is 0 Å². The molecule has 52 heavy (non-hydrogen) atoms. The molecule has 1 saturated carbocycles. The molecule has 0 aromatic heterocycles. The van der Waals surface area contributed by atoms with Gasteiger partial charge in [-0.15, -0.1) is 0 Å². The number of carbonyl (C=O) groups is 1. The third-order valence-corrected chi connectivity index (χ3v) is 12.5. The Morgan fingerprint density at radius 2 is 1.52 bits per heavy atom. The fourth-order valence-electron chi connectivity index (χ4n) is 9.01. The summed E-state index contributed by atoms with van der Waals surface area (Å²) in [5.41, 5.74) is -2.40. The van der Waals surface area contributed by atoms with E-state index in [-0.39, 0.29) is 30.9 Å². The van der Waals surface area contributed by atoms with Crippen LogP contribution in [0.3, 0.4) is 0 Å². The third-order valence-electron chi connectivity index (χ3n) is 12.5. The van der Waals surface area contributed by atoms with Crippen molar-refractivity contribution in [2.45, 2.75) is 173 Å². The van der Waals surface area contributed by atoms with E-state index in [1.165, 1.54) is 7.11 Å². The maximum Gasteiger partial charge on any atom is 0.311 e. The summed E-state index contributed by atoms with van der Waals surface area (Å²) in [6, 6.07) is -0.292. The normalized spacial score (nSPS) is 49.8. The molecule has 0 amide bonds. The third kappa shape index (κ3) is 9.31. The maximum absolute atomic E-state index is 14.3. The van der Waals surface area contributed by atoms with Gasteiger partial charge in [-0.05, 0) is 80.3 Å². The summed E-state index contributed by atoms with van der Waals surface area (Å²) in [5, 5.41) is 60.5. The molecule has 1 aliphatic carbocycles. The van der Waals surface area contributed by atoms with Crippen LogP contribution in [0.1, 0.15) is 94.4 Å². The van der Waals surface area contributed by atoms with E-state index in [2.05, 4.69) is 5.16 Å². The summed E-state index contributed by atoms with van der Waals surface area (Å²) >= 11 is 0. The van der Waals surface area contributed by atoms with Gasteiger partial charge in [0.2, 0.25) is 0 Å². The second-order valence-electron chi connectivity index (χ2n) is 17.2. The van der Waals surface area contributed by atoms with Crippen molar-refractivity contribution in [3.05, 3.63) is 0 Å². The number of hydrogen-bond acceptors (Lipinski definition) is 14. The number of aliphatic hydroxyl groups is 4. The van der Waals surface area contributed by atoms with E-state index in [1.54, 1.807) is 34.6 Å². The molecule has 4 rings (SSSR count). The number of oxime groups is 1. The summed E-state index contributed by atoms with van der Waals surface area (Å²) in [4.78, 5) is 16.2. The Hall–Kier alpha value is -1.46. The molecule has 14 nitrogen and oxygen atoms in total. The van der Waals surface area contributed by atoms with E-state index in [9.17, 15) is 30.4 Å². The molecule has 0 aromatic carbocycles. The van der Waals surface area contributed by atoms with Crippen molar-refractivity contribution in [1.29, 1.82) is 0 Å². The minimum Gasteiger partial charge on any atom is -0.461 e. The van der Waals surface area contributed by atoms with Crippen LogP contribution in [0.15, 0.2) is 5.16 Å². The predicted molar refractivity (Wildman–Crippen MR) is 191 cm³/mol. The van der Waals surface area contributed by atoms with Gasteiger partial charge in [-0.25, -0.2) is 0 Å². The molecular weight excluding hydrogens is 676 g/mol. The van der Waals surface area contributed by atoms with Crippen LogP contribution in [0.5, 0.6) is 0 Å². The highest BCUT2D eigenvalue weighted by atomic mass is 16.7. The van der Waals surface area contributed by atoms with Crippen molar-refractivity contribution in [3.63, 3.8) is 0 Å². The van der Waals surface area contributed by atoms with Crippen molar-refractivity contribution in [3.8, 4) is 0 Å². The Bertz CT molecular complexity index is 1220. The number of ether oxygens (including phenoxy) is 6. The number of cyclic esters (lactones) is 1. The molecule has 18 atom stereocenters. The summed E-state index contributed by atoms with van der Waals surface area (Å²) in [7, 11) is 5.26. The Morgan fingerprint density at radius 1 is 0.885 bits per heavy atom. The first-order valence-electron chi connectivity index (χ1n) is 19.2. The van der Waals surface area contributed by atoms with Gasteiger partial charge in [-0.1, -0.05) is 32.9 Å². The van der Waals surface area contributed by atoms with Crippen LogP contribution in [0.2, 0.25) is 0 Å². The maximum atomic E-state index is 14.3. The first-order valence-corrected chi connectivity index (χ1v) is 19.2. The van der Waals surface area contributed by atoms with Gasteiger partial charge < -0.3 is 59.0 Å². The van der Waals surface area contributed by atoms with Crippen molar-refractivity contribution in [2.24, 2.45) is 40.7 Å². The summed E-state index contributed by atoms with van der Waals surface area (Å²) in [6.07, 6.45) is -6.26. The standard InChI is InChI=1S/C38H68N2O12/c1-18-16-37(8,45)34(52-36-30(42)26(40(10)11)15-19(2)48-36)22(5)31(50-27-17-38(9,47-12)33(43)24(7)49-27)23(6)35(44)51-32(25-13-14-25)21(4)29(41)20(3)28(18)39-46/h18-27,29-34,36,41-43,45-46H,13-17H2,1-12H3/b39-28-/t18-,19+,20+,21-,22+,23-,24+,26-,27+,29-,30+,31+,32+,33+,34-,36-,37-,38-/m1/s1. The number of aliphatic hydroxyl groups excluding tert-OH is 3. The lowest BCUT2D eigenvalue weighted by atomic mass is 9.74. The summed E-state index contributed by atoms with van der Waals surface area (Å²) < 4.78 is 37.8. The molecule has 0 radical (unpaired) electrons. The van der Waals surface area contributed by atoms with Crippen LogP contribution in [0, 0.1) is 35.5 Å². The van der Waals surface area contributed by atoms with Gasteiger partial charge in [-0.3, -0.25) is 4.79 Å². The number of esters is 1. The highest BCUT2D eigenvalue weighted by Crippen LogP contribution is 2.43. The molecule has 302 valence electrons. The molecular formula is C38H68N2O12. The fraction of sp³-hybridized carbons (Fsp3) is 0.947. The molecule has 0 bridgehead atoms. The topological polar surface area (TPSA) is 189 Å². The summed E-state index contributed by atoms with van der Waals surface area (Å²) in [5.74, 6) is -3.79. The van der Waals surface area contributed by atoms with Crippen molar-refractivity contribution in [1.82, 2.24) is 4.90 Å². The highest BCUT2D eigenvalue weighted by molar-refractivity contribution is 5.88. The second kappa shape index (κ2) is 17.1. The van der Waals surface area contributed by atoms with E-state index in [1.807, 2.05) is 46.7 Å². The van der Waals surface area contributed by atoms with Gasteiger partial charge in [-0.2, -0.15) is 0 Å². The molecule has 5 N–H and O–H groups in total.